The van der Waals surface area contributed by atoms with Crippen LogP contribution in [-0.2, 0) is 6.54 Å². The first-order valence-electron chi connectivity index (χ1n) is 11.7. The summed E-state index contributed by atoms with van der Waals surface area (Å²) in [6, 6.07) is 4.83. The minimum absolute atomic E-state index is 0.157. The van der Waals surface area contributed by atoms with Crippen LogP contribution < -0.4 is 4.74 Å². The fourth-order valence-electron chi connectivity index (χ4n) is 4.19. The number of hydrogen-bond donors (Lipinski definition) is 2. The van der Waals surface area contributed by atoms with Crippen molar-refractivity contribution in [3.05, 3.63) is 70.1 Å². The second-order valence-electron chi connectivity index (χ2n) is 9.59. The molecule has 5 aromatic heterocycles. The lowest BCUT2D eigenvalue weighted by atomic mass is 10.1. The van der Waals surface area contributed by atoms with E-state index in [1.807, 2.05) is 0 Å². The van der Waals surface area contributed by atoms with Crippen molar-refractivity contribution in [1.82, 2.24) is 34.9 Å². The minimum Gasteiger partial charge on any atom is -0.470 e. The molecule has 12 heteroatoms. The Morgan fingerprint density at radius 2 is 1.89 bits per heavy atom. The molecular formula is C26H24Cl2FN7O2. The average Bonchev–Trinajstić information content (AvgIpc) is 3.40. The minimum atomic E-state index is -0.962. The van der Waals surface area contributed by atoms with Gasteiger partial charge in [0.25, 0.3) is 0 Å². The van der Waals surface area contributed by atoms with Crippen LogP contribution in [0.1, 0.15) is 38.1 Å². The van der Waals surface area contributed by atoms with E-state index >= 15 is 4.39 Å². The van der Waals surface area contributed by atoms with Crippen LogP contribution in [0.5, 0.6) is 5.88 Å². The van der Waals surface area contributed by atoms with E-state index in [2.05, 4.69) is 30.2 Å². The summed E-state index contributed by atoms with van der Waals surface area (Å²) in [5.41, 5.74) is 2.94. The molecule has 0 spiro atoms. The number of hydrogen-bond acceptors (Lipinski definition) is 7. The maximum atomic E-state index is 15.3. The highest BCUT2D eigenvalue weighted by Crippen LogP contribution is 2.34. The highest BCUT2D eigenvalue weighted by atomic mass is 35.5. The molecule has 0 unspecified atom stereocenters. The number of rotatable bonds is 7. The number of aryl methyl sites for hydroxylation is 1. The van der Waals surface area contributed by atoms with Crippen molar-refractivity contribution in [2.24, 2.45) is 0 Å². The fraction of sp³-hybridized carbons (Fsp3) is 0.269. The summed E-state index contributed by atoms with van der Waals surface area (Å²) in [5.74, 6) is -0.218. The number of halogens is 3. The van der Waals surface area contributed by atoms with E-state index in [4.69, 9.17) is 27.9 Å². The lowest BCUT2D eigenvalue weighted by Gasteiger charge is -2.16. The molecule has 0 aliphatic heterocycles. The molecule has 5 rings (SSSR count). The molecule has 0 fully saturated rings. The van der Waals surface area contributed by atoms with Gasteiger partial charge in [-0.15, -0.1) is 0 Å². The fourth-order valence-corrected chi connectivity index (χ4v) is 4.86. The van der Waals surface area contributed by atoms with E-state index in [0.717, 1.165) is 0 Å². The first-order valence-corrected chi connectivity index (χ1v) is 12.5. The summed E-state index contributed by atoms with van der Waals surface area (Å²) in [5, 5.41) is 22.5. The van der Waals surface area contributed by atoms with Crippen LogP contribution in [0.25, 0.3) is 33.5 Å². The number of aliphatic hydroxyl groups is 1. The molecule has 0 amide bonds. The molecule has 0 aliphatic rings. The molecule has 5 heterocycles. The molecule has 0 bridgehead atoms. The second-order valence-corrected chi connectivity index (χ2v) is 10.4. The lowest BCUT2D eigenvalue weighted by Crippen LogP contribution is -2.26. The molecule has 0 saturated carbocycles. The van der Waals surface area contributed by atoms with Crippen LogP contribution >= 0.6 is 23.2 Å². The van der Waals surface area contributed by atoms with Crippen LogP contribution in [0.2, 0.25) is 10.0 Å². The Labute approximate surface area is 227 Å². The molecule has 1 atom stereocenters. The number of fused-ring (bicyclic) bond motifs is 1. The topological polar surface area (TPSA) is 115 Å². The van der Waals surface area contributed by atoms with Gasteiger partial charge in [-0.2, -0.15) is 10.2 Å². The standard InChI is InChI=1S/C26H24Cl2FN7O2/c1-13-16(11-36(35-13)12-26(3,4)37)24-19(29)7-15(8-31-24)23-25-20(33-34-23)5-6-21(32-25)38-14(2)22-17(27)9-30-10-18(22)28/h5-11,14,37H,12H2,1-4H3,(H,33,34)/t14-/m1/s1. The number of aromatic amines is 1. The van der Waals surface area contributed by atoms with Gasteiger partial charge in [0.15, 0.2) is 0 Å². The summed E-state index contributed by atoms with van der Waals surface area (Å²) in [4.78, 5) is 12.9. The zero-order chi connectivity index (χ0) is 27.2. The predicted molar refractivity (Wildman–Crippen MR) is 143 cm³/mol. The molecule has 5 aromatic rings. The SMILES string of the molecule is Cc1nn(CC(C)(C)O)cc1-c1ncc(-c2n[nH]c3ccc(O[C@H](C)c4c(Cl)cncc4Cl)nc23)cc1F. The van der Waals surface area contributed by atoms with Crippen LogP contribution in [-0.4, -0.2) is 45.6 Å². The van der Waals surface area contributed by atoms with Gasteiger partial charge in [-0.1, -0.05) is 23.2 Å². The number of H-pyrrole nitrogens is 1. The Morgan fingerprint density at radius 1 is 1.16 bits per heavy atom. The smallest absolute Gasteiger partial charge is 0.214 e. The Bertz CT molecular complexity index is 1620. The zero-order valence-corrected chi connectivity index (χ0v) is 22.5. The number of nitrogens with zero attached hydrogens (tertiary/aromatic N) is 6. The van der Waals surface area contributed by atoms with E-state index in [1.165, 1.54) is 24.7 Å². The van der Waals surface area contributed by atoms with Crippen LogP contribution in [0.15, 0.2) is 43.0 Å². The average molecular weight is 556 g/mol. The number of ether oxygens (including phenoxy) is 1. The summed E-state index contributed by atoms with van der Waals surface area (Å²) in [6.45, 7) is 7.20. The summed E-state index contributed by atoms with van der Waals surface area (Å²) < 4.78 is 22.9. The first-order chi connectivity index (χ1) is 18.0. The van der Waals surface area contributed by atoms with Crippen LogP contribution in [0, 0.1) is 12.7 Å². The van der Waals surface area contributed by atoms with E-state index in [0.29, 0.717) is 55.0 Å². The van der Waals surface area contributed by atoms with Gasteiger partial charge in [-0.25, -0.2) is 9.37 Å². The van der Waals surface area contributed by atoms with E-state index in [9.17, 15) is 5.11 Å². The Balaban J connectivity index is 1.45. The molecule has 0 aromatic carbocycles. The Kier molecular flexibility index (Phi) is 6.81. The quantitative estimate of drug-likeness (QED) is 0.255. The van der Waals surface area contributed by atoms with Gasteiger partial charge in [0.05, 0.1) is 33.4 Å². The highest BCUT2D eigenvalue weighted by molar-refractivity contribution is 6.35. The van der Waals surface area contributed by atoms with Crippen molar-refractivity contribution in [1.29, 1.82) is 0 Å². The molecule has 38 heavy (non-hydrogen) atoms. The molecule has 9 nitrogen and oxygen atoms in total. The first kappa shape index (κ1) is 26.0. The molecule has 196 valence electrons. The zero-order valence-electron chi connectivity index (χ0n) is 21.0. The van der Waals surface area contributed by atoms with Crippen LogP contribution in [0.4, 0.5) is 4.39 Å². The maximum Gasteiger partial charge on any atom is 0.214 e. The molecule has 0 aliphatic carbocycles. The molecule has 0 saturated heterocycles. The number of nitrogens with one attached hydrogen (secondary N) is 1. The molecule has 2 N–H and O–H groups in total. The van der Waals surface area contributed by atoms with Gasteiger partial charge >= 0.3 is 0 Å². The number of pyridine rings is 3. The van der Waals surface area contributed by atoms with Gasteiger partial charge in [0.2, 0.25) is 5.88 Å². The summed E-state index contributed by atoms with van der Waals surface area (Å²) in [7, 11) is 0. The third-order valence-corrected chi connectivity index (χ3v) is 6.44. The summed E-state index contributed by atoms with van der Waals surface area (Å²) in [6.07, 6.45) is 5.71. The van der Waals surface area contributed by atoms with E-state index in [1.54, 1.807) is 50.7 Å². The largest absolute Gasteiger partial charge is 0.470 e. The van der Waals surface area contributed by atoms with Gasteiger partial charge in [-0.3, -0.25) is 19.7 Å². The summed E-state index contributed by atoms with van der Waals surface area (Å²) >= 11 is 12.5. The predicted octanol–water partition coefficient (Wildman–Crippen LogP) is 5.94. The third-order valence-electron chi connectivity index (χ3n) is 5.84. The van der Waals surface area contributed by atoms with Crippen molar-refractivity contribution < 1.29 is 14.2 Å². The van der Waals surface area contributed by atoms with Crippen molar-refractivity contribution in [3.8, 4) is 28.4 Å². The molecular weight excluding hydrogens is 532 g/mol. The Morgan fingerprint density at radius 3 is 2.58 bits per heavy atom. The highest BCUT2D eigenvalue weighted by Gasteiger charge is 2.21. The van der Waals surface area contributed by atoms with Crippen molar-refractivity contribution >= 4 is 34.2 Å². The van der Waals surface area contributed by atoms with E-state index < -0.39 is 17.5 Å². The maximum absolute atomic E-state index is 15.3. The van der Waals surface area contributed by atoms with Crippen LogP contribution in [0.3, 0.4) is 0 Å². The van der Waals surface area contributed by atoms with Gasteiger partial charge in [0, 0.05) is 47.5 Å². The lowest BCUT2D eigenvalue weighted by molar-refractivity contribution is 0.0577. The molecule has 0 radical (unpaired) electrons. The third kappa shape index (κ3) is 5.20. The Hall–Kier alpha value is -3.60. The van der Waals surface area contributed by atoms with Gasteiger partial charge in [-0.05, 0) is 39.8 Å². The monoisotopic (exact) mass is 555 g/mol. The van der Waals surface area contributed by atoms with Gasteiger partial charge < -0.3 is 9.84 Å². The normalized spacial score (nSPS) is 12.7. The van der Waals surface area contributed by atoms with Crippen molar-refractivity contribution in [2.75, 3.05) is 0 Å². The van der Waals surface area contributed by atoms with Crippen molar-refractivity contribution in [2.45, 2.75) is 45.9 Å². The van der Waals surface area contributed by atoms with E-state index in [-0.39, 0.29) is 12.2 Å². The van der Waals surface area contributed by atoms with Crippen molar-refractivity contribution in [3.63, 3.8) is 0 Å². The number of aromatic nitrogens is 7. The van der Waals surface area contributed by atoms with Gasteiger partial charge in [0.1, 0.15) is 28.8 Å². The second kappa shape index (κ2) is 9.94.